The zero-order valence-electron chi connectivity index (χ0n) is 17.2. The van der Waals surface area contributed by atoms with E-state index in [0.29, 0.717) is 54.4 Å². The minimum Gasteiger partial charge on any atom is -0.490 e. The molecule has 7 nitrogen and oxygen atoms in total. The van der Waals surface area contributed by atoms with E-state index < -0.39 is 6.29 Å². The molecule has 0 amide bonds. The Morgan fingerprint density at radius 2 is 1.37 bits per heavy atom. The Balaban J connectivity index is 1.49. The van der Waals surface area contributed by atoms with Crippen LogP contribution in [-0.4, -0.2) is 64.6 Å². The van der Waals surface area contributed by atoms with Gasteiger partial charge in [0.15, 0.2) is 17.9 Å². The standard InChI is InChI=1S/C23H26O7/c1-16(28-13-12-27-11-10-26-2)29-14-15-30-20-9-5-8-19-21(20)23(25)18-7-4-3-6-17(18)22(19)24/h3-9,16H,10-15H2,1-2H3. The number of rotatable bonds is 12. The van der Waals surface area contributed by atoms with Crippen molar-refractivity contribution in [1.29, 1.82) is 0 Å². The first-order valence-corrected chi connectivity index (χ1v) is 9.87. The van der Waals surface area contributed by atoms with Gasteiger partial charge in [-0.25, -0.2) is 0 Å². The zero-order valence-corrected chi connectivity index (χ0v) is 17.2. The van der Waals surface area contributed by atoms with Gasteiger partial charge in [-0.05, 0) is 13.0 Å². The van der Waals surface area contributed by atoms with Crippen LogP contribution in [0, 0.1) is 0 Å². The van der Waals surface area contributed by atoms with Gasteiger partial charge in [0, 0.05) is 23.8 Å². The van der Waals surface area contributed by atoms with E-state index in [1.807, 2.05) is 0 Å². The van der Waals surface area contributed by atoms with E-state index in [2.05, 4.69) is 0 Å². The molecule has 3 rings (SSSR count). The average Bonchev–Trinajstić information content (AvgIpc) is 2.77. The number of benzene rings is 2. The molecule has 2 aromatic rings. The van der Waals surface area contributed by atoms with Crippen LogP contribution < -0.4 is 4.74 Å². The van der Waals surface area contributed by atoms with Crippen molar-refractivity contribution < 1.29 is 33.3 Å². The number of methoxy groups -OCH3 is 1. The van der Waals surface area contributed by atoms with Crippen molar-refractivity contribution >= 4 is 11.6 Å². The smallest absolute Gasteiger partial charge is 0.198 e. The van der Waals surface area contributed by atoms with Gasteiger partial charge in [-0.2, -0.15) is 0 Å². The molecule has 7 heteroatoms. The second-order valence-corrected chi connectivity index (χ2v) is 6.65. The van der Waals surface area contributed by atoms with Crippen LogP contribution in [0.1, 0.15) is 38.8 Å². The normalized spacial score (nSPS) is 13.7. The van der Waals surface area contributed by atoms with Gasteiger partial charge in [0.05, 0.1) is 38.6 Å². The third-order valence-corrected chi connectivity index (χ3v) is 4.62. The van der Waals surface area contributed by atoms with Gasteiger partial charge in [0.2, 0.25) is 0 Å². The quantitative estimate of drug-likeness (QED) is 0.333. The van der Waals surface area contributed by atoms with Crippen molar-refractivity contribution in [2.24, 2.45) is 0 Å². The van der Waals surface area contributed by atoms with Gasteiger partial charge in [-0.1, -0.05) is 36.4 Å². The maximum atomic E-state index is 12.9. The molecule has 0 aromatic heterocycles. The van der Waals surface area contributed by atoms with Crippen LogP contribution >= 0.6 is 0 Å². The molecule has 0 fully saturated rings. The van der Waals surface area contributed by atoms with E-state index in [1.165, 1.54) is 0 Å². The Kier molecular flexibility index (Phi) is 8.10. The molecule has 0 radical (unpaired) electrons. The van der Waals surface area contributed by atoms with E-state index in [0.717, 1.165) is 0 Å². The number of carbonyl (C=O) groups is 2. The van der Waals surface area contributed by atoms with E-state index in [4.69, 9.17) is 23.7 Å². The van der Waals surface area contributed by atoms with Crippen molar-refractivity contribution in [3.05, 3.63) is 64.7 Å². The lowest BCUT2D eigenvalue weighted by Gasteiger charge is -2.20. The number of hydrogen-bond donors (Lipinski definition) is 0. The Morgan fingerprint density at radius 1 is 0.733 bits per heavy atom. The van der Waals surface area contributed by atoms with E-state index >= 15 is 0 Å². The average molecular weight is 414 g/mol. The fraction of sp³-hybridized carbons (Fsp3) is 0.391. The van der Waals surface area contributed by atoms with Crippen LogP contribution in [0.5, 0.6) is 5.75 Å². The fourth-order valence-electron chi connectivity index (χ4n) is 3.16. The summed E-state index contributed by atoms with van der Waals surface area (Å²) in [6, 6.07) is 11.9. The Bertz CT molecular complexity index is 878. The van der Waals surface area contributed by atoms with Crippen LogP contribution in [-0.2, 0) is 18.9 Å². The molecule has 1 atom stereocenters. The number of ketones is 2. The van der Waals surface area contributed by atoms with Crippen molar-refractivity contribution in [2.75, 3.05) is 46.8 Å². The lowest BCUT2D eigenvalue weighted by Crippen LogP contribution is -2.23. The highest BCUT2D eigenvalue weighted by Gasteiger charge is 2.31. The minimum atomic E-state index is -0.417. The van der Waals surface area contributed by atoms with E-state index in [9.17, 15) is 9.59 Å². The predicted molar refractivity (Wildman–Crippen MR) is 109 cm³/mol. The minimum absolute atomic E-state index is 0.170. The van der Waals surface area contributed by atoms with Crippen LogP contribution in [0.3, 0.4) is 0 Å². The maximum absolute atomic E-state index is 12.9. The summed E-state index contributed by atoms with van der Waals surface area (Å²) in [6.45, 7) is 4.22. The summed E-state index contributed by atoms with van der Waals surface area (Å²) in [7, 11) is 1.62. The Morgan fingerprint density at radius 3 is 2.10 bits per heavy atom. The summed E-state index contributed by atoms with van der Waals surface area (Å²) in [4.78, 5) is 25.7. The summed E-state index contributed by atoms with van der Waals surface area (Å²) in [5.41, 5.74) is 1.49. The van der Waals surface area contributed by atoms with Crippen LogP contribution in [0.15, 0.2) is 42.5 Å². The molecule has 0 N–H and O–H groups in total. The number of carbonyl (C=O) groups excluding carboxylic acids is 2. The first kappa shape index (κ1) is 22.1. The van der Waals surface area contributed by atoms with E-state index in [1.54, 1.807) is 56.5 Å². The molecule has 2 aromatic carbocycles. The topological polar surface area (TPSA) is 80.3 Å². The maximum Gasteiger partial charge on any atom is 0.198 e. The van der Waals surface area contributed by atoms with Crippen molar-refractivity contribution in [1.82, 2.24) is 0 Å². The molecule has 0 aliphatic heterocycles. The molecule has 30 heavy (non-hydrogen) atoms. The second kappa shape index (κ2) is 11.0. The number of fused-ring (bicyclic) bond motifs is 2. The number of ether oxygens (including phenoxy) is 5. The molecule has 1 aliphatic carbocycles. The van der Waals surface area contributed by atoms with Gasteiger partial charge in [0.25, 0.3) is 0 Å². The molecule has 0 bridgehead atoms. The molecular weight excluding hydrogens is 388 g/mol. The molecule has 0 saturated carbocycles. The monoisotopic (exact) mass is 414 g/mol. The summed E-state index contributed by atoms with van der Waals surface area (Å²) in [5, 5.41) is 0. The van der Waals surface area contributed by atoms with Gasteiger partial charge >= 0.3 is 0 Å². The first-order chi connectivity index (χ1) is 14.6. The summed E-state index contributed by atoms with van der Waals surface area (Å²) in [5.74, 6) is 0.00241. The highest BCUT2D eigenvalue weighted by atomic mass is 16.7. The predicted octanol–water partition coefficient (Wildman–Crippen LogP) is 2.88. The molecule has 0 saturated heterocycles. The molecule has 0 heterocycles. The fourth-order valence-corrected chi connectivity index (χ4v) is 3.16. The highest BCUT2D eigenvalue weighted by molar-refractivity contribution is 6.29. The number of hydrogen-bond acceptors (Lipinski definition) is 7. The Labute approximate surface area is 175 Å². The van der Waals surface area contributed by atoms with Gasteiger partial charge < -0.3 is 23.7 Å². The molecule has 0 spiro atoms. The summed E-state index contributed by atoms with van der Waals surface area (Å²) < 4.78 is 27.0. The third-order valence-electron chi connectivity index (χ3n) is 4.62. The van der Waals surface area contributed by atoms with Crippen molar-refractivity contribution in [2.45, 2.75) is 13.2 Å². The van der Waals surface area contributed by atoms with Gasteiger partial charge in [-0.15, -0.1) is 0 Å². The first-order valence-electron chi connectivity index (χ1n) is 9.87. The third kappa shape index (κ3) is 5.31. The van der Waals surface area contributed by atoms with Crippen LogP contribution in [0.25, 0.3) is 0 Å². The van der Waals surface area contributed by atoms with Gasteiger partial charge in [0.1, 0.15) is 12.4 Å². The SMILES string of the molecule is COCCOCCOC(C)OCCOc1cccc2c1C(=O)c1ccccc1C2=O. The molecular formula is C23H26O7. The van der Waals surface area contributed by atoms with Gasteiger partial charge in [-0.3, -0.25) is 9.59 Å². The summed E-state index contributed by atoms with van der Waals surface area (Å²) in [6.07, 6.45) is -0.417. The van der Waals surface area contributed by atoms with Crippen molar-refractivity contribution in [3.8, 4) is 5.75 Å². The van der Waals surface area contributed by atoms with Crippen LogP contribution in [0.2, 0.25) is 0 Å². The molecule has 160 valence electrons. The highest BCUT2D eigenvalue weighted by Crippen LogP contribution is 2.33. The largest absolute Gasteiger partial charge is 0.490 e. The van der Waals surface area contributed by atoms with E-state index in [-0.39, 0.29) is 24.8 Å². The zero-order chi connectivity index (χ0) is 21.3. The molecule has 1 aliphatic rings. The lowest BCUT2D eigenvalue weighted by molar-refractivity contribution is -0.143. The second-order valence-electron chi connectivity index (χ2n) is 6.65. The summed E-state index contributed by atoms with van der Waals surface area (Å²) >= 11 is 0. The van der Waals surface area contributed by atoms with Crippen molar-refractivity contribution in [3.63, 3.8) is 0 Å². The molecule has 1 unspecified atom stereocenters. The lowest BCUT2D eigenvalue weighted by atomic mass is 9.83. The Hall–Kier alpha value is -2.58. The van der Waals surface area contributed by atoms with Crippen LogP contribution in [0.4, 0.5) is 0 Å².